The standard InChI is InChI=1S/C51H29N3O2/c1-3-12-32-26-36(22-20-30(32)10-1)49-52-50(37-23-21-31-11-2-4-13-33(31)27-37)54-51(53-49)48-39(24-25-44-47(48)40-16-7-8-18-42(40)55-44)38-17-9-19-43-46(38)41-28-34-14-5-6-15-35(34)29-45(41)56-43/h1-29H. The Balaban J connectivity index is 1.19. The van der Waals surface area contributed by atoms with Crippen LogP contribution in [0.1, 0.15) is 0 Å². The summed E-state index contributed by atoms with van der Waals surface area (Å²) in [6, 6.07) is 61.0. The number of para-hydroxylation sites is 1. The van der Waals surface area contributed by atoms with Gasteiger partial charge < -0.3 is 8.83 Å². The molecule has 5 nitrogen and oxygen atoms in total. The van der Waals surface area contributed by atoms with Crippen molar-refractivity contribution in [3.05, 3.63) is 176 Å². The van der Waals surface area contributed by atoms with E-state index in [1.807, 2.05) is 18.2 Å². The molecular weight excluding hydrogens is 687 g/mol. The summed E-state index contributed by atoms with van der Waals surface area (Å²) in [5.41, 5.74) is 7.94. The fourth-order valence-electron chi connectivity index (χ4n) is 8.41. The zero-order chi connectivity index (χ0) is 36.7. The molecule has 0 unspecified atom stereocenters. The average Bonchev–Trinajstić information content (AvgIpc) is 3.82. The third-order valence-corrected chi connectivity index (χ3v) is 11.1. The summed E-state index contributed by atoms with van der Waals surface area (Å²) in [6.45, 7) is 0. The van der Waals surface area contributed by atoms with Crippen LogP contribution in [-0.2, 0) is 0 Å². The largest absolute Gasteiger partial charge is 0.456 e. The highest BCUT2D eigenvalue weighted by molar-refractivity contribution is 6.20. The molecule has 0 aliphatic carbocycles. The van der Waals surface area contributed by atoms with Gasteiger partial charge in [-0.3, -0.25) is 0 Å². The number of hydrogen-bond donors (Lipinski definition) is 0. The average molecular weight is 716 g/mol. The van der Waals surface area contributed by atoms with Crippen LogP contribution in [0.25, 0.3) is 121 Å². The minimum absolute atomic E-state index is 0.564. The molecule has 56 heavy (non-hydrogen) atoms. The van der Waals surface area contributed by atoms with Crippen molar-refractivity contribution in [2.75, 3.05) is 0 Å². The molecule has 5 heteroatoms. The lowest BCUT2D eigenvalue weighted by Crippen LogP contribution is -2.02. The monoisotopic (exact) mass is 715 g/mol. The Hall–Kier alpha value is -7.63. The Morgan fingerprint density at radius 3 is 1.54 bits per heavy atom. The molecule has 0 aliphatic rings. The van der Waals surface area contributed by atoms with Crippen LogP contribution in [0.2, 0.25) is 0 Å². The van der Waals surface area contributed by atoms with E-state index in [9.17, 15) is 0 Å². The Labute approximate surface area is 320 Å². The topological polar surface area (TPSA) is 65.0 Å². The summed E-state index contributed by atoms with van der Waals surface area (Å²) in [5, 5.41) is 10.9. The first-order chi connectivity index (χ1) is 27.7. The van der Waals surface area contributed by atoms with E-state index in [-0.39, 0.29) is 0 Å². The van der Waals surface area contributed by atoms with E-state index in [1.165, 1.54) is 0 Å². The normalized spacial score (nSPS) is 11.9. The lowest BCUT2D eigenvalue weighted by Gasteiger charge is -2.14. The van der Waals surface area contributed by atoms with Gasteiger partial charge >= 0.3 is 0 Å². The molecule has 3 aromatic heterocycles. The van der Waals surface area contributed by atoms with Crippen LogP contribution < -0.4 is 0 Å². The highest BCUT2D eigenvalue weighted by Crippen LogP contribution is 2.46. The van der Waals surface area contributed by atoms with Gasteiger partial charge in [-0.1, -0.05) is 127 Å². The maximum Gasteiger partial charge on any atom is 0.165 e. The summed E-state index contributed by atoms with van der Waals surface area (Å²) in [6.07, 6.45) is 0. The van der Waals surface area contributed by atoms with Crippen LogP contribution in [0.3, 0.4) is 0 Å². The van der Waals surface area contributed by atoms with Gasteiger partial charge in [0.2, 0.25) is 0 Å². The van der Waals surface area contributed by atoms with Gasteiger partial charge in [-0.15, -0.1) is 0 Å². The number of nitrogens with zero attached hydrogens (tertiary/aromatic N) is 3. The Morgan fingerprint density at radius 2 is 0.839 bits per heavy atom. The molecule has 0 amide bonds. The fourth-order valence-corrected chi connectivity index (χ4v) is 8.41. The van der Waals surface area contributed by atoms with E-state index in [0.717, 1.165) is 104 Å². The van der Waals surface area contributed by atoms with Gasteiger partial charge in [0.25, 0.3) is 0 Å². The van der Waals surface area contributed by atoms with Gasteiger partial charge in [-0.05, 0) is 92.0 Å². The molecular formula is C51H29N3O2. The van der Waals surface area contributed by atoms with Crippen LogP contribution >= 0.6 is 0 Å². The molecule has 0 saturated carbocycles. The fraction of sp³-hybridized carbons (Fsp3) is 0. The van der Waals surface area contributed by atoms with Gasteiger partial charge in [0.05, 0.1) is 0 Å². The van der Waals surface area contributed by atoms with Crippen molar-refractivity contribution in [3.63, 3.8) is 0 Å². The van der Waals surface area contributed by atoms with Crippen LogP contribution in [0.5, 0.6) is 0 Å². The van der Waals surface area contributed by atoms with Gasteiger partial charge in [0.1, 0.15) is 22.3 Å². The second kappa shape index (κ2) is 11.9. The van der Waals surface area contributed by atoms with Crippen molar-refractivity contribution < 1.29 is 8.83 Å². The number of aromatic nitrogens is 3. The molecule has 0 radical (unpaired) electrons. The van der Waals surface area contributed by atoms with Crippen molar-refractivity contribution in [1.82, 2.24) is 15.0 Å². The first-order valence-electron chi connectivity index (χ1n) is 18.8. The lowest BCUT2D eigenvalue weighted by atomic mass is 9.91. The summed E-state index contributed by atoms with van der Waals surface area (Å²) in [5.74, 6) is 1.75. The molecule has 12 aromatic rings. The number of fused-ring (bicyclic) bond motifs is 9. The molecule has 0 fully saturated rings. The SMILES string of the molecule is c1ccc2cc(-c3nc(-c4ccc5ccccc5c4)nc(-c4c(-c5cccc6oc7cc8ccccc8cc7c56)ccc5oc6ccccc6c45)n3)ccc2c1. The second-order valence-electron chi connectivity index (χ2n) is 14.4. The second-order valence-corrected chi connectivity index (χ2v) is 14.4. The van der Waals surface area contributed by atoms with Crippen molar-refractivity contribution in [3.8, 4) is 45.3 Å². The highest BCUT2D eigenvalue weighted by atomic mass is 16.3. The third-order valence-electron chi connectivity index (χ3n) is 11.1. The van der Waals surface area contributed by atoms with Crippen molar-refractivity contribution in [2.45, 2.75) is 0 Å². The quantitative estimate of drug-likeness (QED) is 0.181. The molecule has 0 saturated heterocycles. The molecule has 0 atom stereocenters. The molecule has 260 valence electrons. The minimum atomic E-state index is 0.564. The van der Waals surface area contributed by atoms with Crippen molar-refractivity contribution in [1.29, 1.82) is 0 Å². The van der Waals surface area contributed by atoms with Crippen LogP contribution in [0.15, 0.2) is 185 Å². The first-order valence-corrected chi connectivity index (χ1v) is 18.8. The van der Waals surface area contributed by atoms with E-state index in [0.29, 0.717) is 17.5 Å². The van der Waals surface area contributed by atoms with E-state index in [1.54, 1.807) is 0 Å². The first kappa shape index (κ1) is 30.8. The Bertz CT molecular complexity index is 3460. The maximum absolute atomic E-state index is 6.58. The van der Waals surface area contributed by atoms with E-state index >= 15 is 0 Å². The number of rotatable bonds is 4. The molecule has 3 heterocycles. The third kappa shape index (κ3) is 4.78. The van der Waals surface area contributed by atoms with Gasteiger partial charge in [0.15, 0.2) is 17.5 Å². The van der Waals surface area contributed by atoms with Gasteiger partial charge in [-0.2, -0.15) is 0 Å². The van der Waals surface area contributed by atoms with Crippen LogP contribution in [0.4, 0.5) is 0 Å². The van der Waals surface area contributed by atoms with Crippen molar-refractivity contribution >= 4 is 76.2 Å². The van der Waals surface area contributed by atoms with Gasteiger partial charge in [-0.25, -0.2) is 15.0 Å². The van der Waals surface area contributed by atoms with Gasteiger partial charge in [0, 0.05) is 38.2 Å². The zero-order valence-electron chi connectivity index (χ0n) is 29.9. The summed E-state index contributed by atoms with van der Waals surface area (Å²) >= 11 is 0. The predicted octanol–water partition coefficient (Wildman–Crippen LogP) is 13.8. The summed E-state index contributed by atoms with van der Waals surface area (Å²) < 4.78 is 13.1. The number of hydrogen-bond acceptors (Lipinski definition) is 5. The molecule has 9 aromatic carbocycles. The van der Waals surface area contributed by atoms with Crippen LogP contribution in [0, 0.1) is 0 Å². The molecule has 0 spiro atoms. The Morgan fingerprint density at radius 1 is 0.304 bits per heavy atom. The summed E-state index contributed by atoms with van der Waals surface area (Å²) in [4.78, 5) is 15.9. The smallest absolute Gasteiger partial charge is 0.165 e. The van der Waals surface area contributed by atoms with E-state index in [4.69, 9.17) is 23.8 Å². The summed E-state index contributed by atoms with van der Waals surface area (Å²) in [7, 11) is 0. The number of benzene rings is 9. The highest BCUT2D eigenvalue weighted by Gasteiger charge is 2.24. The molecule has 0 N–H and O–H groups in total. The molecule has 0 bridgehead atoms. The maximum atomic E-state index is 6.58. The zero-order valence-corrected chi connectivity index (χ0v) is 29.9. The molecule has 0 aliphatic heterocycles. The van der Waals surface area contributed by atoms with Crippen molar-refractivity contribution in [2.24, 2.45) is 0 Å². The van der Waals surface area contributed by atoms with E-state index in [2.05, 4.69) is 158 Å². The minimum Gasteiger partial charge on any atom is -0.456 e. The van der Waals surface area contributed by atoms with E-state index < -0.39 is 0 Å². The molecule has 12 rings (SSSR count). The predicted molar refractivity (Wildman–Crippen MR) is 229 cm³/mol. The van der Waals surface area contributed by atoms with Crippen LogP contribution in [-0.4, -0.2) is 15.0 Å². The Kier molecular flexibility index (Phi) is 6.56. The number of furan rings is 2. The lowest BCUT2D eigenvalue weighted by molar-refractivity contribution is 0.669.